The van der Waals surface area contributed by atoms with Crippen LogP contribution in [-0.4, -0.2) is 35.7 Å². The van der Waals surface area contributed by atoms with Crippen molar-refractivity contribution < 1.29 is 19.4 Å². The first-order valence-corrected chi connectivity index (χ1v) is 6.99. The van der Waals surface area contributed by atoms with E-state index in [1.54, 1.807) is 6.07 Å². The number of benzene rings is 1. The van der Waals surface area contributed by atoms with Crippen LogP contribution in [0.1, 0.15) is 23.2 Å². The maximum Gasteiger partial charge on any atom is 0.335 e. The van der Waals surface area contributed by atoms with E-state index in [0.29, 0.717) is 23.1 Å². The van der Waals surface area contributed by atoms with Crippen molar-refractivity contribution >= 4 is 33.5 Å². The molecule has 1 aromatic rings. The third-order valence-corrected chi connectivity index (χ3v) is 3.79. The van der Waals surface area contributed by atoms with Gasteiger partial charge in [0.1, 0.15) is 6.10 Å². The minimum Gasteiger partial charge on any atom is -0.478 e. The van der Waals surface area contributed by atoms with Crippen LogP contribution in [0.3, 0.4) is 0 Å². The predicted molar refractivity (Wildman–Crippen MR) is 76.7 cm³/mol. The Morgan fingerprint density at radius 1 is 1.45 bits per heavy atom. The molecule has 1 aliphatic heterocycles. The molecule has 6 nitrogen and oxygen atoms in total. The van der Waals surface area contributed by atoms with Crippen LogP contribution in [0, 0.1) is 0 Å². The van der Waals surface area contributed by atoms with Gasteiger partial charge in [-0.15, -0.1) is 0 Å². The topological polar surface area (TPSA) is 102 Å². The average Bonchev–Trinajstić information content (AvgIpc) is 2.89. The number of anilines is 1. The van der Waals surface area contributed by atoms with E-state index >= 15 is 0 Å². The number of carboxylic acid groups (broad SMARTS) is 1. The zero-order valence-electron chi connectivity index (χ0n) is 10.6. The van der Waals surface area contributed by atoms with Gasteiger partial charge in [0, 0.05) is 11.0 Å². The standard InChI is InChI=1S/C13H15BrN2O4/c14-9-5-7(13(18)19)1-3-10(9)16-12(17)11-4-2-8(6-15)20-11/h1,3,5,8,11H,2,4,6,15H2,(H,16,17)(H,18,19). The quantitative estimate of drug-likeness (QED) is 0.771. The highest BCUT2D eigenvalue weighted by Crippen LogP contribution is 2.26. The van der Waals surface area contributed by atoms with Crippen LogP contribution in [0.15, 0.2) is 22.7 Å². The molecule has 0 radical (unpaired) electrons. The van der Waals surface area contributed by atoms with Gasteiger partial charge in [0.25, 0.3) is 5.91 Å². The lowest BCUT2D eigenvalue weighted by molar-refractivity contribution is -0.126. The maximum atomic E-state index is 12.0. The van der Waals surface area contributed by atoms with E-state index in [1.165, 1.54) is 12.1 Å². The SMILES string of the molecule is NCC1CCC(C(=O)Nc2ccc(C(=O)O)cc2Br)O1. The Morgan fingerprint density at radius 2 is 2.20 bits per heavy atom. The Hall–Kier alpha value is -1.44. The Bertz CT molecular complexity index is 535. The number of ether oxygens (including phenoxy) is 1. The van der Waals surface area contributed by atoms with Crippen molar-refractivity contribution in [2.75, 3.05) is 11.9 Å². The molecule has 1 amide bonds. The summed E-state index contributed by atoms with van der Waals surface area (Å²) in [7, 11) is 0. The Balaban J connectivity index is 2.03. The van der Waals surface area contributed by atoms with E-state index in [2.05, 4.69) is 21.2 Å². The number of carbonyl (C=O) groups is 2. The number of halogens is 1. The smallest absolute Gasteiger partial charge is 0.335 e. The highest BCUT2D eigenvalue weighted by Gasteiger charge is 2.30. The number of nitrogens with one attached hydrogen (secondary N) is 1. The lowest BCUT2D eigenvalue weighted by atomic mass is 10.1. The van der Waals surface area contributed by atoms with Gasteiger partial charge >= 0.3 is 5.97 Å². The molecule has 20 heavy (non-hydrogen) atoms. The second-order valence-electron chi connectivity index (χ2n) is 4.55. The van der Waals surface area contributed by atoms with Gasteiger partial charge < -0.3 is 20.9 Å². The van der Waals surface area contributed by atoms with Crippen molar-refractivity contribution in [3.05, 3.63) is 28.2 Å². The third-order valence-electron chi connectivity index (χ3n) is 3.14. The lowest BCUT2D eigenvalue weighted by Gasteiger charge is -2.13. The summed E-state index contributed by atoms with van der Waals surface area (Å²) < 4.78 is 6.01. The number of amides is 1. The monoisotopic (exact) mass is 342 g/mol. The number of carbonyl (C=O) groups excluding carboxylic acids is 1. The van der Waals surface area contributed by atoms with Crippen molar-refractivity contribution in [1.29, 1.82) is 0 Å². The number of carboxylic acids is 1. The van der Waals surface area contributed by atoms with Crippen LogP contribution in [0.4, 0.5) is 5.69 Å². The molecule has 0 aromatic heterocycles. The first-order chi connectivity index (χ1) is 9.51. The van der Waals surface area contributed by atoms with Gasteiger partial charge in [0.05, 0.1) is 17.4 Å². The van der Waals surface area contributed by atoms with Gasteiger partial charge in [-0.25, -0.2) is 4.79 Å². The summed E-state index contributed by atoms with van der Waals surface area (Å²) in [6.07, 6.45) is 0.838. The highest BCUT2D eigenvalue weighted by molar-refractivity contribution is 9.10. The van der Waals surface area contributed by atoms with E-state index in [4.69, 9.17) is 15.6 Å². The van der Waals surface area contributed by atoms with Gasteiger partial charge in [0.2, 0.25) is 0 Å². The molecular formula is C13H15BrN2O4. The van der Waals surface area contributed by atoms with E-state index < -0.39 is 12.1 Å². The Morgan fingerprint density at radius 3 is 2.75 bits per heavy atom. The van der Waals surface area contributed by atoms with Gasteiger partial charge in [-0.2, -0.15) is 0 Å². The number of hydrogen-bond donors (Lipinski definition) is 3. The Labute approximate surface area is 124 Å². The zero-order chi connectivity index (χ0) is 14.7. The van der Waals surface area contributed by atoms with Crippen LogP contribution >= 0.6 is 15.9 Å². The van der Waals surface area contributed by atoms with Gasteiger partial charge in [0.15, 0.2) is 0 Å². The molecule has 0 saturated carbocycles. The highest BCUT2D eigenvalue weighted by atomic mass is 79.9. The second kappa shape index (κ2) is 6.34. The molecule has 108 valence electrons. The summed E-state index contributed by atoms with van der Waals surface area (Å²) in [6.45, 7) is 0.404. The second-order valence-corrected chi connectivity index (χ2v) is 5.40. The fourth-order valence-corrected chi connectivity index (χ4v) is 2.51. The van der Waals surface area contributed by atoms with Crippen LogP contribution in [-0.2, 0) is 9.53 Å². The molecule has 1 aliphatic rings. The molecule has 0 spiro atoms. The predicted octanol–water partition coefficient (Wildman–Crippen LogP) is 1.59. The van der Waals surface area contributed by atoms with Crippen LogP contribution in [0.25, 0.3) is 0 Å². The summed E-state index contributed by atoms with van der Waals surface area (Å²) in [5.41, 5.74) is 6.16. The van der Waals surface area contributed by atoms with Gasteiger partial charge in [-0.3, -0.25) is 4.79 Å². The minimum absolute atomic E-state index is 0.0661. The summed E-state index contributed by atoms with van der Waals surface area (Å²) in [4.78, 5) is 22.9. The molecule has 0 bridgehead atoms. The van der Waals surface area contributed by atoms with E-state index in [-0.39, 0.29) is 17.6 Å². The largest absolute Gasteiger partial charge is 0.478 e. The molecule has 0 aliphatic carbocycles. The average molecular weight is 343 g/mol. The number of rotatable bonds is 4. The van der Waals surface area contributed by atoms with Gasteiger partial charge in [-0.05, 0) is 47.0 Å². The number of hydrogen-bond acceptors (Lipinski definition) is 4. The normalized spacial score (nSPS) is 21.7. The number of nitrogens with two attached hydrogens (primary N) is 1. The molecule has 1 fully saturated rings. The fraction of sp³-hybridized carbons (Fsp3) is 0.385. The molecule has 2 unspecified atom stereocenters. The Kier molecular flexibility index (Phi) is 4.74. The lowest BCUT2D eigenvalue weighted by Crippen LogP contribution is -2.29. The van der Waals surface area contributed by atoms with Gasteiger partial charge in [-0.1, -0.05) is 0 Å². The van der Waals surface area contributed by atoms with Crippen LogP contribution < -0.4 is 11.1 Å². The molecule has 2 rings (SSSR count). The van der Waals surface area contributed by atoms with Crippen molar-refractivity contribution in [1.82, 2.24) is 0 Å². The molecular weight excluding hydrogens is 328 g/mol. The first-order valence-electron chi connectivity index (χ1n) is 6.20. The van der Waals surface area contributed by atoms with Crippen molar-refractivity contribution in [3.63, 3.8) is 0 Å². The molecule has 4 N–H and O–H groups in total. The molecule has 1 aromatic carbocycles. The molecule has 1 saturated heterocycles. The van der Waals surface area contributed by atoms with E-state index in [9.17, 15) is 9.59 Å². The van der Waals surface area contributed by atoms with Crippen molar-refractivity contribution in [2.45, 2.75) is 25.0 Å². The summed E-state index contributed by atoms with van der Waals surface area (Å²) in [6, 6.07) is 4.41. The van der Waals surface area contributed by atoms with Crippen LogP contribution in [0.2, 0.25) is 0 Å². The zero-order valence-corrected chi connectivity index (χ0v) is 12.2. The van der Waals surface area contributed by atoms with E-state index in [1.807, 2.05) is 0 Å². The minimum atomic E-state index is -1.02. The fourth-order valence-electron chi connectivity index (χ4n) is 2.03. The maximum absolute atomic E-state index is 12.0. The van der Waals surface area contributed by atoms with Crippen LogP contribution in [0.5, 0.6) is 0 Å². The van der Waals surface area contributed by atoms with E-state index in [0.717, 1.165) is 6.42 Å². The molecule has 7 heteroatoms. The van der Waals surface area contributed by atoms with Crippen molar-refractivity contribution in [3.8, 4) is 0 Å². The first kappa shape index (κ1) is 15.0. The third kappa shape index (κ3) is 3.36. The number of aromatic carboxylic acids is 1. The molecule has 2 atom stereocenters. The molecule has 1 heterocycles. The summed E-state index contributed by atoms with van der Waals surface area (Å²) in [5, 5.41) is 11.6. The summed E-state index contributed by atoms with van der Waals surface area (Å²) in [5.74, 6) is -1.27. The summed E-state index contributed by atoms with van der Waals surface area (Å²) >= 11 is 3.24. The van der Waals surface area contributed by atoms with Crippen molar-refractivity contribution in [2.24, 2.45) is 5.73 Å².